The lowest BCUT2D eigenvalue weighted by molar-refractivity contribution is 0.0506. The molecule has 0 aliphatic carbocycles. The third-order valence-electron chi connectivity index (χ3n) is 4.42. The lowest BCUT2D eigenvalue weighted by atomic mass is 10.1. The van der Waals surface area contributed by atoms with Crippen LogP contribution in [0.5, 0.6) is 0 Å². The Balaban J connectivity index is 1.39. The highest BCUT2D eigenvalue weighted by atomic mass is 79.9. The summed E-state index contributed by atoms with van der Waals surface area (Å²) in [5.41, 5.74) is 0.816. The number of hydrogen-bond acceptors (Lipinski definition) is 4. The van der Waals surface area contributed by atoms with Gasteiger partial charge in [-0.3, -0.25) is 14.4 Å². The van der Waals surface area contributed by atoms with Crippen molar-refractivity contribution in [1.29, 1.82) is 0 Å². The maximum Gasteiger partial charge on any atom is 0.324 e. The second-order valence-corrected chi connectivity index (χ2v) is 7.85. The van der Waals surface area contributed by atoms with Gasteiger partial charge in [0.25, 0.3) is 5.91 Å². The highest BCUT2D eigenvalue weighted by Crippen LogP contribution is 2.28. The van der Waals surface area contributed by atoms with Gasteiger partial charge >= 0.3 is 6.03 Å². The Morgan fingerprint density at radius 3 is 2.79 bits per heavy atom. The van der Waals surface area contributed by atoms with Crippen LogP contribution >= 0.6 is 27.3 Å². The summed E-state index contributed by atoms with van der Waals surface area (Å²) in [6.07, 6.45) is 3.61. The zero-order chi connectivity index (χ0) is 16.8. The molecule has 3 amide bonds. The van der Waals surface area contributed by atoms with Crippen LogP contribution in [0.1, 0.15) is 15.7 Å². The number of nitrogens with zero attached hydrogens (tertiary/aromatic N) is 5. The first kappa shape index (κ1) is 15.6. The Bertz CT molecular complexity index is 797. The molecule has 126 valence electrons. The lowest BCUT2D eigenvalue weighted by Gasteiger charge is -2.38. The van der Waals surface area contributed by atoms with Gasteiger partial charge in [-0.05, 0) is 22.0 Å². The van der Waals surface area contributed by atoms with Crippen LogP contribution in [0.15, 0.2) is 28.3 Å². The molecule has 2 aromatic heterocycles. The van der Waals surface area contributed by atoms with E-state index >= 15 is 0 Å². The molecule has 0 atom stereocenters. The number of urea groups is 1. The van der Waals surface area contributed by atoms with Gasteiger partial charge in [-0.1, -0.05) is 0 Å². The number of anilines is 1. The van der Waals surface area contributed by atoms with Crippen LogP contribution < -0.4 is 4.90 Å². The number of amides is 3. The highest BCUT2D eigenvalue weighted by Gasteiger charge is 2.34. The predicted octanol–water partition coefficient (Wildman–Crippen LogP) is 2.28. The molecule has 4 rings (SSSR count). The van der Waals surface area contributed by atoms with Crippen LogP contribution in [0, 0.1) is 0 Å². The molecule has 0 radical (unpaired) electrons. The van der Waals surface area contributed by atoms with Crippen LogP contribution in [0.25, 0.3) is 0 Å². The summed E-state index contributed by atoms with van der Waals surface area (Å²) in [4.78, 5) is 30.4. The fraction of sp³-hybridized carbons (Fsp3) is 0.400. The maximum absolute atomic E-state index is 12.3. The molecular formula is C15H16BrN5O2S. The Morgan fingerprint density at radius 2 is 2.17 bits per heavy atom. The normalized spacial score (nSPS) is 18.4. The molecule has 2 fully saturated rings. The summed E-state index contributed by atoms with van der Waals surface area (Å²) >= 11 is 4.82. The fourth-order valence-electron chi connectivity index (χ4n) is 2.92. The Labute approximate surface area is 151 Å². The standard InChI is InChI=1S/C15H16BrN5O2S/c1-18-2-3-20(15(18)23)11-5-17-21(8-11)12-6-19(7-12)14(22)13-4-10(16)9-24-13/h4-5,8-9,12H,2-3,6-7H2,1H3. The van der Waals surface area contributed by atoms with E-state index in [0.29, 0.717) is 19.6 Å². The van der Waals surface area contributed by atoms with Crippen molar-refractivity contribution in [3.8, 4) is 0 Å². The minimum Gasteiger partial charge on any atom is -0.334 e. The van der Waals surface area contributed by atoms with Gasteiger partial charge in [0.05, 0.1) is 22.8 Å². The van der Waals surface area contributed by atoms with E-state index in [1.54, 1.807) is 23.0 Å². The molecule has 0 spiro atoms. The van der Waals surface area contributed by atoms with Crippen molar-refractivity contribution in [3.63, 3.8) is 0 Å². The van der Waals surface area contributed by atoms with Gasteiger partial charge in [-0.15, -0.1) is 11.3 Å². The molecule has 0 aromatic carbocycles. The molecule has 7 nitrogen and oxygen atoms in total. The van der Waals surface area contributed by atoms with Crippen molar-refractivity contribution in [2.24, 2.45) is 0 Å². The average molecular weight is 410 g/mol. The van der Waals surface area contributed by atoms with Gasteiger partial charge in [0.15, 0.2) is 0 Å². The number of carbonyl (C=O) groups excluding carboxylic acids is 2. The smallest absolute Gasteiger partial charge is 0.324 e. The van der Waals surface area contributed by atoms with Gasteiger partial charge in [0, 0.05) is 49.3 Å². The second-order valence-electron chi connectivity index (χ2n) is 6.03. The first-order valence-corrected chi connectivity index (χ1v) is 9.30. The van der Waals surface area contributed by atoms with Gasteiger partial charge in [-0.25, -0.2) is 4.79 Å². The molecule has 4 heterocycles. The summed E-state index contributed by atoms with van der Waals surface area (Å²) < 4.78 is 2.79. The molecule has 2 aromatic rings. The van der Waals surface area contributed by atoms with Gasteiger partial charge in [0.1, 0.15) is 0 Å². The topological polar surface area (TPSA) is 61.7 Å². The number of halogens is 1. The van der Waals surface area contributed by atoms with E-state index in [1.165, 1.54) is 11.3 Å². The predicted molar refractivity (Wildman–Crippen MR) is 94.6 cm³/mol. The van der Waals surface area contributed by atoms with Gasteiger partial charge < -0.3 is 9.80 Å². The molecular weight excluding hydrogens is 394 g/mol. The highest BCUT2D eigenvalue weighted by molar-refractivity contribution is 9.10. The van der Waals surface area contributed by atoms with Crippen molar-refractivity contribution < 1.29 is 9.59 Å². The number of aromatic nitrogens is 2. The van der Waals surface area contributed by atoms with Crippen molar-refractivity contribution in [3.05, 3.63) is 33.2 Å². The van der Waals surface area contributed by atoms with E-state index in [4.69, 9.17) is 0 Å². The lowest BCUT2D eigenvalue weighted by Crippen LogP contribution is -2.50. The fourth-order valence-corrected chi connectivity index (χ4v) is 4.32. The Hall–Kier alpha value is -1.87. The number of hydrogen-bond donors (Lipinski definition) is 0. The van der Waals surface area contributed by atoms with E-state index in [-0.39, 0.29) is 18.0 Å². The number of rotatable bonds is 3. The molecule has 0 N–H and O–H groups in total. The Kier molecular flexibility index (Phi) is 3.84. The van der Waals surface area contributed by atoms with E-state index < -0.39 is 0 Å². The van der Waals surface area contributed by atoms with Crippen LogP contribution in [0.3, 0.4) is 0 Å². The second kappa shape index (κ2) is 5.89. The summed E-state index contributed by atoms with van der Waals surface area (Å²) in [7, 11) is 1.80. The third-order valence-corrected chi connectivity index (χ3v) is 6.10. The summed E-state index contributed by atoms with van der Waals surface area (Å²) in [5.74, 6) is 0.0608. The minimum atomic E-state index is 0.00300. The van der Waals surface area contributed by atoms with E-state index in [9.17, 15) is 9.59 Å². The average Bonchev–Trinajstić information content (AvgIpc) is 3.21. The van der Waals surface area contributed by atoms with E-state index in [1.807, 2.05) is 27.2 Å². The number of likely N-dealkylation sites (tertiary alicyclic amines) is 1. The summed E-state index contributed by atoms with van der Waals surface area (Å²) in [6, 6.07) is 2.02. The van der Waals surface area contributed by atoms with E-state index in [0.717, 1.165) is 21.6 Å². The molecule has 0 unspecified atom stereocenters. The minimum absolute atomic E-state index is 0.00300. The number of thiophene rings is 1. The van der Waals surface area contributed by atoms with Crippen molar-refractivity contribution in [2.75, 3.05) is 38.1 Å². The molecule has 0 bridgehead atoms. The largest absolute Gasteiger partial charge is 0.334 e. The summed E-state index contributed by atoms with van der Waals surface area (Å²) in [6.45, 7) is 2.70. The van der Waals surface area contributed by atoms with Crippen LogP contribution in [0.4, 0.5) is 10.5 Å². The SMILES string of the molecule is CN1CCN(c2cnn(C3CN(C(=O)c4cc(Br)cs4)C3)c2)C1=O. The monoisotopic (exact) mass is 409 g/mol. The van der Waals surface area contributed by atoms with Crippen molar-refractivity contribution >= 4 is 44.9 Å². The number of likely N-dealkylation sites (N-methyl/N-ethyl adjacent to an activating group) is 1. The molecule has 24 heavy (non-hydrogen) atoms. The first-order chi connectivity index (χ1) is 11.5. The van der Waals surface area contributed by atoms with Crippen molar-refractivity contribution in [1.82, 2.24) is 19.6 Å². The van der Waals surface area contributed by atoms with Crippen LogP contribution in [-0.4, -0.2) is 64.7 Å². The quantitative estimate of drug-likeness (QED) is 0.780. The molecule has 2 saturated heterocycles. The first-order valence-electron chi connectivity index (χ1n) is 7.63. The molecule has 9 heteroatoms. The van der Waals surface area contributed by atoms with Crippen molar-refractivity contribution in [2.45, 2.75) is 6.04 Å². The van der Waals surface area contributed by atoms with Crippen LogP contribution in [-0.2, 0) is 0 Å². The van der Waals surface area contributed by atoms with Gasteiger partial charge in [-0.2, -0.15) is 5.10 Å². The van der Waals surface area contributed by atoms with E-state index in [2.05, 4.69) is 21.0 Å². The molecule has 2 aliphatic rings. The molecule has 0 saturated carbocycles. The zero-order valence-electron chi connectivity index (χ0n) is 13.1. The van der Waals surface area contributed by atoms with Crippen LogP contribution in [0.2, 0.25) is 0 Å². The third kappa shape index (κ3) is 2.61. The molecule has 2 aliphatic heterocycles. The maximum atomic E-state index is 12.3. The Morgan fingerprint density at radius 1 is 1.38 bits per heavy atom. The number of carbonyl (C=O) groups is 2. The van der Waals surface area contributed by atoms with Gasteiger partial charge in [0.2, 0.25) is 0 Å². The zero-order valence-corrected chi connectivity index (χ0v) is 15.5. The summed E-state index contributed by atoms with van der Waals surface area (Å²) in [5, 5.41) is 6.29.